The fourth-order valence-corrected chi connectivity index (χ4v) is 8.26. The van der Waals surface area contributed by atoms with Gasteiger partial charge in [-0.3, -0.25) is 0 Å². The second kappa shape index (κ2) is 12.6. The van der Waals surface area contributed by atoms with Crippen molar-refractivity contribution in [1.29, 1.82) is 0 Å². The van der Waals surface area contributed by atoms with Gasteiger partial charge in [-0.2, -0.15) is 0 Å². The lowest BCUT2D eigenvalue weighted by atomic mass is 9.93. The standard InChI is InChI=1S/C52H33NO2/c1-3-13-34(14-4-1)35-25-28-40(29-26-35)53(39-17-5-2-6-18-39)47-22-12-24-49-51(47)46-33-45(41-19-7-8-21-44(41)52(46)55-49)38-16-11-15-36(31-38)37-27-30-43-42-20-9-10-23-48(42)54-50(43)32-37/h1-33H. The van der Waals surface area contributed by atoms with Gasteiger partial charge in [-0.25, -0.2) is 0 Å². The molecule has 0 saturated heterocycles. The monoisotopic (exact) mass is 703 g/mol. The molecule has 0 fully saturated rings. The first-order valence-corrected chi connectivity index (χ1v) is 18.7. The van der Waals surface area contributed by atoms with Crippen LogP contribution in [-0.4, -0.2) is 0 Å². The first-order chi connectivity index (χ1) is 27.3. The molecule has 2 aromatic heterocycles. The van der Waals surface area contributed by atoms with Crippen molar-refractivity contribution in [1.82, 2.24) is 0 Å². The molecule has 0 N–H and O–H groups in total. The number of furan rings is 2. The van der Waals surface area contributed by atoms with E-state index in [4.69, 9.17) is 8.83 Å². The maximum absolute atomic E-state index is 6.82. The second-order valence-corrected chi connectivity index (χ2v) is 14.1. The van der Waals surface area contributed by atoms with E-state index in [9.17, 15) is 0 Å². The maximum Gasteiger partial charge on any atom is 0.143 e. The fourth-order valence-electron chi connectivity index (χ4n) is 8.26. The van der Waals surface area contributed by atoms with Gasteiger partial charge in [0.15, 0.2) is 0 Å². The summed E-state index contributed by atoms with van der Waals surface area (Å²) in [6, 6.07) is 70.9. The average Bonchev–Trinajstić information content (AvgIpc) is 3.83. The molecule has 0 amide bonds. The predicted molar refractivity (Wildman–Crippen MR) is 229 cm³/mol. The molecule has 0 atom stereocenters. The smallest absolute Gasteiger partial charge is 0.143 e. The van der Waals surface area contributed by atoms with E-state index >= 15 is 0 Å². The number of nitrogens with zero attached hydrogens (tertiary/aromatic N) is 1. The molecule has 2 heterocycles. The normalized spacial score (nSPS) is 11.6. The molecule has 11 aromatic rings. The van der Waals surface area contributed by atoms with Gasteiger partial charge in [0.2, 0.25) is 0 Å². The molecule has 0 unspecified atom stereocenters. The number of para-hydroxylation sites is 2. The van der Waals surface area contributed by atoms with Gasteiger partial charge in [0.1, 0.15) is 22.3 Å². The molecule has 3 nitrogen and oxygen atoms in total. The highest BCUT2D eigenvalue weighted by atomic mass is 16.3. The summed E-state index contributed by atoms with van der Waals surface area (Å²) in [6.45, 7) is 0. The van der Waals surface area contributed by atoms with Crippen molar-refractivity contribution >= 4 is 71.7 Å². The third kappa shape index (κ3) is 5.20. The Kier molecular flexibility index (Phi) is 7.17. The minimum absolute atomic E-state index is 0.851. The molecule has 9 aromatic carbocycles. The zero-order valence-electron chi connectivity index (χ0n) is 29.8. The highest BCUT2D eigenvalue weighted by Gasteiger charge is 2.22. The van der Waals surface area contributed by atoms with Crippen molar-refractivity contribution in [2.75, 3.05) is 4.90 Å². The zero-order chi connectivity index (χ0) is 36.3. The summed E-state index contributed by atoms with van der Waals surface area (Å²) in [4.78, 5) is 2.34. The van der Waals surface area contributed by atoms with E-state index in [-0.39, 0.29) is 0 Å². The van der Waals surface area contributed by atoms with E-state index in [1.54, 1.807) is 0 Å². The van der Waals surface area contributed by atoms with Crippen LogP contribution < -0.4 is 4.90 Å². The average molecular weight is 704 g/mol. The molecule has 0 saturated carbocycles. The Bertz CT molecular complexity index is 3190. The van der Waals surface area contributed by atoms with Crippen molar-refractivity contribution in [2.45, 2.75) is 0 Å². The van der Waals surface area contributed by atoms with Crippen LogP contribution in [-0.2, 0) is 0 Å². The highest BCUT2D eigenvalue weighted by molar-refractivity contribution is 6.22. The largest absolute Gasteiger partial charge is 0.456 e. The highest BCUT2D eigenvalue weighted by Crippen LogP contribution is 2.46. The molecule has 0 aliphatic carbocycles. The van der Waals surface area contributed by atoms with Gasteiger partial charge in [0, 0.05) is 32.9 Å². The Morgan fingerprint density at radius 2 is 0.891 bits per heavy atom. The van der Waals surface area contributed by atoms with Crippen molar-refractivity contribution in [3.63, 3.8) is 0 Å². The summed E-state index contributed by atoms with van der Waals surface area (Å²) >= 11 is 0. The van der Waals surface area contributed by atoms with Crippen LogP contribution in [0.15, 0.2) is 209 Å². The quantitative estimate of drug-likeness (QED) is 0.173. The Morgan fingerprint density at radius 1 is 0.309 bits per heavy atom. The molecule has 55 heavy (non-hydrogen) atoms. The number of hydrogen-bond donors (Lipinski definition) is 0. The van der Waals surface area contributed by atoms with Gasteiger partial charge < -0.3 is 13.7 Å². The van der Waals surface area contributed by atoms with E-state index in [2.05, 4.69) is 193 Å². The van der Waals surface area contributed by atoms with E-state index in [0.717, 1.165) is 94.0 Å². The fraction of sp³-hybridized carbons (Fsp3) is 0. The van der Waals surface area contributed by atoms with Crippen LogP contribution in [0.1, 0.15) is 0 Å². The molecule has 0 radical (unpaired) electrons. The predicted octanol–water partition coefficient (Wildman–Crippen LogP) is 15.1. The lowest BCUT2D eigenvalue weighted by molar-refractivity contribution is 0.669. The van der Waals surface area contributed by atoms with Gasteiger partial charge in [-0.15, -0.1) is 0 Å². The molecule has 258 valence electrons. The molecule has 0 aliphatic rings. The van der Waals surface area contributed by atoms with Crippen LogP contribution in [0.5, 0.6) is 0 Å². The second-order valence-electron chi connectivity index (χ2n) is 14.1. The van der Waals surface area contributed by atoms with Gasteiger partial charge >= 0.3 is 0 Å². The van der Waals surface area contributed by atoms with Crippen molar-refractivity contribution in [3.8, 4) is 33.4 Å². The number of benzene rings is 9. The number of rotatable bonds is 6. The SMILES string of the molecule is c1ccc(-c2ccc(N(c3ccccc3)c3cccc4oc5c6ccccc6c(-c6cccc(-c7ccc8c(c7)oc7ccccc78)c6)cc5c34)cc2)cc1. The van der Waals surface area contributed by atoms with Crippen LogP contribution in [0.4, 0.5) is 17.1 Å². The van der Waals surface area contributed by atoms with Gasteiger partial charge in [-0.1, -0.05) is 133 Å². The first-order valence-electron chi connectivity index (χ1n) is 18.7. The van der Waals surface area contributed by atoms with Crippen LogP contribution in [0.3, 0.4) is 0 Å². The van der Waals surface area contributed by atoms with Crippen LogP contribution in [0, 0.1) is 0 Å². The Balaban J connectivity index is 1.10. The molecule has 3 heteroatoms. The first kappa shape index (κ1) is 31.2. The lowest BCUT2D eigenvalue weighted by Crippen LogP contribution is -2.10. The summed E-state index contributed by atoms with van der Waals surface area (Å²) in [6.07, 6.45) is 0. The third-order valence-electron chi connectivity index (χ3n) is 10.9. The summed E-state index contributed by atoms with van der Waals surface area (Å²) in [5.41, 5.74) is 13.7. The molecule has 0 aliphatic heterocycles. The van der Waals surface area contributed by atoms with Crippen LogP contribution >= 0.6 is 0 Å². The zero-order valence-corrected chi connectivity index (χ0v) is 29.8. The summed E-state index contributed by atoms with van der Waals surface area (Å²) in [7, 11) is 0. The summed E-state index contributed by atoms with van der Waals surface area (Å²) in [5.74, 6) is 0. The number of hydrogen-bond acceptors (Lipinski definition) is 3. The van der Waals surface area contributed by atoms with Crippen molar-refractivity contribution in [3.05, 3.63) is 200 Å². The molecular weight excluding hydrogens is 671 g/mol. The van der Waals surface area contributed by atoms with Crippen LogP contribution in [0.2, 0.25) is 0 Å². The van der Waals surface area contributed by atoms with E-state index in [1.807, 2.05) is 12.1 Å². The van der Waals surface area contributed by atoms with E-state index in [0.29, 0.717) is 0 Å². The van der Waals surface area contributed by atoms with Gasteiger partial charge in [-0.05, 0) is 105 Å². The molecule has 11 rings (SSSR count). The Labute approximate surface area is 317 Å². The topological polar surface area (TPSA) is 29.5 Å². The number of anilines is 3. The Morgan fingerprint density at radius 3 is 1.73 bits per heavy atom. The third-order valence-corrected chi connectivity index (χ3v) is 10.9. The summed E-state index contributed by atoms with van der Waals surface area (Å²) < 4.78 is 13.1. The van der Waals surface area contributed by atoms with E-state index in [1.165, 1.54) is 11.1 Å². The molecule has 0 spiro atoms. The molecule has 0 bridgehead atoms. The molecular formula is C52H33NO2. The van der Waals surface area contributed by atoms with Gasteiger partial charge in [0.05, 0.1) is 11.1 Å². The maximum atomic E-state index is 6.82. The van der Waals surface area contributed by atoms with Gasteiger partial charge in [0.25, 0.3) is 0 Å². The number of fused-ring (bicyclic) bond motifs is 8. The van der Waals surface area contributed by atoms with Crippen LogP contribution in [0.25, 0.3) is 88.0 Å². The Hall–Kier alpha value is -7.36. The summed E-state index contributed by atoms with van der Waals surface area (Å²) in [5, 5.41) is 6.66. The van der Waals surface area contributed by atoms with Crippen molar-refractivity contribution in [2.24, 2.45) is 0 Å². The van der Waals surface area contributed by atoms with Crippen molar-refractivity contribution < 1.29 is 8.83 Å². The minimum atomic E-state index is 0.851. The lowest BCUT2D eigenvalue weighted by Gasteiger charge is -2.26. The van der Waals surface area contributed by atoms with E-state index < -0.39 is 0 Å². The minimum Gasteiger partial charge on any atom is -0.456 e.